The lowest BCUT2D eigenvalue weighted by Crippen LogP contribution is -2.57. The summed E-state index contributed by atoms with van der Waals surface area (Å²) in [5.41, 5.74) is 6.40. The molecule has 2 rings (SSSR count). The van der Waals surface area contributed by atoms with Crippen molar-refractivity contribution in [2.75, 3.05) is 0 Å². The van der Waals surface area contributed by atoms with Gasteiger partial charge in [0.1, 0.15) is 18.7 Å². The van der Waals surface area contributed by atoms with Gasteiger partial charge in [0.15, 0.2) is 0 Å². The molecule has 1 aliphatic rings. The van der Waals surface area contributed by atoms with Crippen LogP contribution in [-0.2, 0) is 20.9 Å². The summed E-state index contributed by atoms with van der Waals surface area (Å²) < 4.78 is 5.21. The number of alkyl carbamates (subject to hydrolysis) is 1. The van der Waals surface area contributed by atoms with E-state index in [1.54, 1.807) is 0 Å². The number of nitrogens with two attached hydrogens (primary N) is 1. The van der Waals surface area contributed by atoms with Gasteiger partial charge in [0.25, 0.3) is 0 Å². The zero-order valence-electron chi connectivity index (χ0n) is 16.6. The topological polar surface area (TPSA) is 111 Å². The molecular weight excluding hydrogens is 358 g/mol. The summed E-state index contributed by atoms with van der Waals surface area (Å²) >= 11 is 0. The van der Waals surface area contributed by atoms with Gasteiger partial charge in [-0.1, -0.05) is 63.4 Å². The third-order valence-corrected chi connectivity index (χ3v) is 5.16. The molecule has 0 saturated heterocycles. The summed E-state index contributed by atoms with van der Waals surface area (Å²) in [6.07, 6.45) is 4.26. The van der Waals surface area contributed by atoms with E-state index >= 15 is 0 Å². The molecule has 0 unspecified atom stereocenters. The first kappa shape index (κ1) is 21.7. The molecule has 4 N–H and O–H groups in total. The summed E-state index contributed by atoms with van der Waals surface area (Å²) in [7, 11) is 0. The van der Waals surface area contributed by atoms with Gasteiger partial charge >= 0.3 is 6.09 Å². The molecule has 7 nitrogen and oxygen atoms in total. The van der Waals surface area contributed by atoms with Crippen molar-refractivity contribution in [3.05, 3.63) is 35.9 Å². The zero-order valence-corrected chi connectivity index (χ0v) is 16.6. The Morgan fingerprint density at radius 3 is 2.29 bits per heavy atom. The van der Waals surface area contributed by atoms with Crippen LogP contribution in [0, 0.1) is 11.8 Å². The first-order chi connectivity index (χ1) is 13.4. The van der Waals surface area contributed by atoms with E-state index in [4.69, 9.17) is 10.5 Å². The van der Waals surface area contributed by atoms with Crippen molar-refractivity contribution in [3.63, 3.8) is 0 Å². The Bertz CT molecular complexity index is 657. The molecule has 0 spiro atoms. The maximum Gasteiger partial charge on any atom is 0.408 e. The predicted molar refractivity (Wildman–Crippen MR) is 106 cm³/mol. The number of hydrogen-bond acceptors (Lipinski definition) is 4. The number of amides is 3. The Morgan fingerprint density at radius 2 is 1.71 bits per heavy atom. The van der Waals surface area contributed by atoms with Crippen molar-refractivity contribution in [2.24, 2.45) is 17.6 Å². The summed E-state index contributed by atoms with van der Waals surface area (Å²) in [6, 6.07) is 7.77. The second-order valence-corrected chi connectivity index (χ2v) is 7.71. The van der Waals surface area contributed by atoms with Gasteiger partial charge in [0.05, 0.1) is 0 Å². The van der Waals surface area contributed by atoms with Crippen LogP contribution in [0.1, 0.15) is 51.5 Å². The van der Waals surface area contributed by atoms with Crippen molar-refractivity contribution >= 4 is 17.9 Å². The van der Waals surface area contributed by atoms with Gasteiger partial charge in [0.2, 0.25) is 11.8 Å². The first-order valence-electron chi connectivity index (χ1n) is 9.95. The average Bonchev–Trinajstić information content (AvgIpc) is 2.69. The number of carbonyl (C=O) groups excluding carboxylic acids is 3. The largest absolute Gasteiger partial charge is 0.445 e. The molecule has 0 aliphatic heterocycles. The molecule has 2 atom stereocenters. The molecule has 154 valence electrons. The van der Waals surface area contributed by atoms with E-state index in [2.05, 4.69) is 10.6 Å². The van der Waals surface area contributed by atoms with Crippen molar-refractivity contribution in [1.82, 2.24) is 10.6 Å². The number of carbonyl (C=O) groups is 3. The van der Waals surface area contributed by atoms with Gasteiger partial charge in [-0.3, -0.25) is 9.59 Å². The minimum Gasteiger partial charge on any atom is -0.445 e. The minimum atomic E-state index is -0.811. The van der Waals surface area contributed by atoms with E-state index in [9.17, 15) is 14.4 Å². The monoisotopic (exact) mass is 389 g/mol. The number of primary amides is 1. The van der Waals surface area contributed by atoms with Crippen LogP contribution < -0.4 is 16.4 Å². The third-order valence-electron chi connectivity index (χ3n) is 5.16. The normalized spacial score (nSPS) is 16.8. The highest BCUT2D eigenvalue weighted by Gasteiger charge is 2.33. The standard InChI is InChI=1S/C21H31N3O4/c1-14(2)17(24-21(27)28-13-15-9-5-3-6-10-15)20(26)23-18(19(22)25)16-11-7-4-8-12-16/h3,5-6,9-10,14,16-18H,4,7-8,11-13H2,1-2H3,(H2,22,25)(H,23,26)(H,24,27)/t17-,18+/m1/s1. The van der Waals surface area contributed by atoms with E-state index in [0.29, 0.717) is 0 Å². The number of benzene rings is 1. The second-order valence-electron chi connectivity index (χ2n) is 7.71. The van der Waals surface area contributed by atoms with Crippen LogP contribution in [0.25, 0.3) is 0 Å². The maximum atomic E-state index is 12.8. The Hall–Kier alpha value is -2.57. The van der Waals surface area contributed by atoms with Crippen molar-refractivity contribution in [3.8, 4) is 0 Å². The van der Waals surface area contributed by atoms with Crippen LogP contribution in [0.3, 0.4) is 0 Å². The number of rotatable bonds is 8. The van der Waals surface area contributed by atoms with Gasteiger partial charge in [-0.15, -0.1) is 0 Å². The molecular formula is C21H31N3O4. The van der Waals surface area contributed by atoms with E-state index in [1.165, 1.54) is 0 Å². The zero-order chi connectivity index (χ0) is 20.5. The number of nitrogens with one attached hydrogen (secondary N) is 2. The molecule has 1 aromatic rings. The number of ether oxygens (including phenoxy) is 1. The van der Waals surface area contributed by atoms with Crippen molar-refractivity contribution in [2.45, 2.75) is 64.6 Å². The Morgan fingerprint density at radius 1 is 1.07 bits per heavy atom. The lowest BCUT2D eigenvalue weighted by Gasteiger charge is -2.30. The fourth-order valence-corrected chi connectivity index (χ4v) is 3.56. The van der Waals surface area contributed by atoms with Crippen LogP contribution in [0.4, 0.5) is 4.79 Å². The van der Waals surface area contributed by atoms with Crippen molar-refractivity contribution < 1.29 is 19.1 Å². The van der Waals surface area contributed by atoms with Gasteiger partial charge in [-0.25, -0.2) is 4.79 Å². The lowest BCUT2D eigenvalue weighted by atomic mass is 9.83. The molecule has 28 heavy (non-hydrogen) atoms. The van der Waals surface area contributed by atoms with E-state index in [0.717, 1.165) is 37.7 Å². The first-order valence-corrected chi connectivity index (χ1v) is 9.95. The predicted octanol–water partition coefficient (Wildman–Crippen LogP) is 2.49. The second kappa shape index (κ2) is 10.7. The quantitative estimate of drug-likeness (QED) is 0.634. The summed E-state index contributed by atoms with van der Waals surface area (Å²) in [6.45, 7) is 3.76. The molecule has 1 aliphatic carbocycles. The molecule has 1 fully saturated rings. The summed E-state index contributed by atoms with van der Waals surface area (Å²) in [5, 5.41) is 5.37. The van der Waals surface area contributed by atoms with Gasteiger partial charge in [0, 0.05) is 0 Å². The van der Waals surface area contributed by atoms with E-state index in [1.807, 2.05) is 44.2 Å². The molecule has 3 amide bonds. The highest BCUT2D eigenvalue weighted by molar-refractivity contribution is 5.91. The molecule has 1 aromatic carbocycles. The number of hydrogen-bond donors (Lipinski definition) is 3. The van der Waals surface area contributed by atoms with Crippen LogP contribution >= 0.6 is 0 Å². The molecule has 0 bridgehead atoms. The van der Waals surface area contributed by atoms with Crippen LogP contribution in [0.15, 0.2) is 30.3 Å². The average molecular weight is 389 g/mol. The van der Waals surface area contributed by atoms with E-state index < -0.39 is 30.0 Å². The Balaban J connectivity index is 1.94. The highest BCUT2D eigenvalue weighted by atomic mass is 16.5. The molecule has 0 heterocycles. The van der Waals surface area contributed by atoms with Crippen LogP contribution in [0.5, 0.6) is 0 Å². The molecule has 0 aromatic heterocycles. The highest BCUT2D eigenvalue weighted by Crippen LogP contribution is 2.26. The van der Waals surface area contributed by atoms with E-state index in [-0.39, 0.29) is 18.4 Å². The molecule has 1 saturated carbocycles. The fraction of sp³-hybridized carbons (Fsp3) is 0.571. The third kappa shape index (κ3) is 6.55. The van der Waals surface area contributed by atoms with Gasteiger partial charge in [-0.05, 0) is 30.2 Å². The summed E-state index contributed by atoms with van der Waals surface area (Å²) in [4.78, 5) is 36.8. The summed E-state index contributed by atoms with van der Waals surface area (Å²) in [5.74, 6) is -1.08. The Labute approximate surface area is 166 Å². The maximum absolute atomic E-state index is 12.8. The molecule has 0 radical (unpaired) electrons. The fourth-order valence-electron chi connectivity index (χ4n) is 3.56. The Kier molecular flexibility index (Phi) is 8.29. The smallest absolute Gasteiger partial charge is 0.408 e. The van der Waals surface area contributed by atoms with Crippen LogP contribution in [-0.4, -0.2) is 30.0 Å². The molecule has 7 heteroatoms. The van der Waals surface area contributed by atoms with Gasteiger partial charge in [-0.2, -0.15) is 0 Å². The lowest BCUT2D eigenvalue weighted by molar-refractivity contribution is -0.130. The minimum absolute atomic E-state index is 0.0491. The van der Waals surface area contributed by atoms with Crippen molar-refractivity contribution in [1.29, 1.82) is 0 Å². The van der Waals surface area contributed by atoms with Gasteiger partial charge < -0.3 is 21.1 Å². The van der Waals surface area contributed by atoms with Crippen LogP contribution in [0.2, 0.25) is 0 Å². The SMILES string of the molecule is CC(C)[C@@H](NC(=O)OCc1ccccc1)C(=O)N[C@H](C(N)=O)C1CCCCC1.